The maximum atomic E-state index is 4.15. The van der Waals surface area contributed by atoms with Crippen molar-refractivity contribution in [1.82, 2.24) is 20.1 Å². The van der Waals surface area contributed by atoms with Crippen LogP contribution in [0, 0.1) is 6.92 Å². The molecule has 4 nitrogen and oxygen atoms in total. The van der Waals surface area contributed by atoms with Crippen molar-refractivity contribution in [2.24, 2.45) is 7.05 Å². The number of aryl methyl sites for hydroxylation is 2. The Kier molecular flexibility index (Phi) is 3.13. The number of nitrogens with one attached hydrogen (secondary N) is 1. The van der Waals surface area contributed by atoms with E-state index in [-0.39, 0.29) is 0 Å². The summed E-state index contributed by atoms with van der Waals surface area (Å²) in [5.41, 5.74) is 2.72. The van der Waals surface area contributed by atoms with Gasteiger partial charge < -0.3 is 5.32 Å². The highest BCUT2D eigenvalue weighted by molar-refractivity contribution is 7.08. The predicted octanol–water partition coefficient (Wildman–Crippen LogP) is 1.47. The van der Waals surface area contributed by atoms with E-state index in [2.05, 4.69) is 33.1 Å². The number of rotatable bonds is 4. The molecule has 2 rings (SSSR count). The first-order chi connectivity index (χ1) is 7.27. The van der Waals surface area contributed by atoms with Gasteiger partial charge in [0.05, 0.1) is 6.54 Å². The molecule has 0 aliphatic rings. The minimum absolute atomic E-state index is 0.756. The predicted molar refractivity (Wildman–Crippen MR) is 60.6 cm³/mol. The standard InChI is InChI=1S/C10H14N4S/c1-8-5-15-6-9(8)3-11-4-10-12-7-13-14(10)2/h5-7,11H,3-4H2,1-2H3. The van der Waals surface area contributed by atoms with Gasteiger partial charge >= 0.3 is 0 Å². The Labute approximate surface area is 93.0 Å². The fourth-order valence-corrected chi connectivity index (χ4v) is 2.21. The number of hydrogen-bond acceptors (Lipinski definition) is 4. The first kappa shape index (κ1) is 10.3. The molecular weight excluding hydrogens is 208 g/mol. The minimum atomic E-state index is 0.756. The van der Waals surface area contributed by atoms with Crippen molar-refractivity contribution >= 4 is 11.3 Å². The Morgan fingerprint density at radius 2 is 2.27 bits per heavy atom. The topological polar surface area (TPSA) is 42.7 Å². The van der Waals surface area contributed by atoms with E-state index in [1.165, 1.54) is 11.1 Å². The van der Waals surface area contributed by atoms with Crippen LogP contribution < -0.4 is 5.32 Å². The van der Waals surface area contributed by atoms with Crippen LogP contribution in [0.1, 0.15) is 17.0 Å². The minimum Gasteiger partial charge on any atom is -0.306 e. The molecule has 0 amide bonds. The number of thiophene rings is 1. The smallest absolute Gasteiger partial charge is 0.140 e. The summed E-state index contributed by atoms with van der Waals surface area (Å²) in [4.78, 5) is 4.15. The van der Waals surface area contributed by atoms with Crippen LogP contribution in [-0.2, 0) is 20.1 Å². The van der Waals surface area contributed by atoms with Crippen molar-refractivity contribution in [3.63, 3.8) is 0 Å². The first-order valence-corrected chi connectivity index (χ1v) is 5.77. The van der Waals surface area contributed by atoms with E-state index in [1.54, 1.807) is 22.3 Å². The molecule has 2 heterocycles. The van der Waals surface area contributed by atoms with Gasteiger partial charge in [-0.15, -0.1) is 0 Å². The molecule has 5 heteroatoms. The average molecular weight is 222 g/mol. The van der Waals surface area contributed by atoms with Crippen LogP contribution in [0.3, 0.4) is 0 Å². The lowest BCUT2D eigenvalue weighted by molar-refractivity contribution is 0.614. The molecule has 0 aliphatic heterocycles. The van der Waals surface area contributed by atoms with Gasteiger partial charge in [0.15, 0.2) is 0 Å². The van der Waals surface area contributed by atoms with E-state index in [9.17, 15) is 0 Å². The van der Waals surface area contributed by atoms with Crippen LogP contribution >= 0.6 is 11.3 Å². The van der Waals surface area contributed by atoms with Gasteiger partial charge in [-0.05, 0) is 28.8 Å². The van der Waals surface area contributed by atoms with Crippen LogP contribution in [0.4, 0.5) is 0 Å². The fourth-order valence-electron chi connectivity index (χ4n) is 1.36. The summed E-state index contributed by atoms with van der Waals surface area (Å²) in [6.45, 7) is 3.78. The van der Waals surface area contributed by atoms with Crippen molar-refractivity contribution in [2.75, 3.05) is 0 Å². The van der Waals surface area contributed by atoms with Crippen molar-refractivity contribution in [1.29, 1.82) is 0 Å². The molecule has 0 atom stereocenters. The summed E-state index contributed by atoms with van der Waals surface area (Å²) in [7, 11) is 1.90. The van der Waals surface area contributed by atoms with Crippen LogP contribution in [-0.4, -0.2) is 14.8 Å². The SMILES string of the molecule is Cc1cscc1CNCc1ncnn1C. The molecule has 0 saturated carbocycles. The molecule has 0 fully saturated rings. The molecule has 0 saturated heterocycles. The Morgan fingerprint density at radius 3 is 2.87 bits per heavy atom. The maximum absolute atomic E-state index is 4.15. The first-order valence-electron chi connectivity index (χ1n) is 4.82. The van der Waals surface area contributed by atoms with E-state index < -0.39 is 0 Å². The zero-order valence-corrected chi connectivity index (χ0v) is 9.71. The Balaban J connectivity index is 1.86. The lowest BCUT2D eigenvalue weighted by atomic mass is 10.2. The summed E-state index contributed by atoms with van der Waals surface area (Å²) in [6, 6.07) is 0. The summed E-state index contributed by atoms with van der Waals surface area (Å²) in [5, 5.41) is 11.7. The van der Waals surface area contributed by atoms with E-state index in [0.717, 1.165) is 18.9 Å². The van der Waals surface area contributed by atoms with E-state index in [0.29, 0.717) is 0 Å². The third-order valence-electron chi connectivity index (χ3n) is 2.37. The van der Waals surface area contributed by atoms with Crippen molar-refractivity contribution in [2.45, 2.75) is 20.0 Å². The molecule has 0 bridgehead atoms. The quantitative estimate of drug-likeness (QED) is 0.852. The second kappa shape index (κ2) is 4.55. The third-order valence-corrected chi connectivity index (χ3v) is 3.28. The molecule has 0 aliphatic carbocycles. The van der Waals surface area contributed by atoms with Crippen molar-refractivity contribution in [3.8, 4) is 0 Å². The Bertz CT molecular complexity index is 392. The molecule has 15 heavy (non-hydrogen) atoms. The largest absolute Gasteiger partial charge is 0.306 e. The zero-order chi connectivity index (χ0) is 10.7. The highest BCUT2D eigenvalue weighted by Crippen LogP contribution is 2.12. The zero-order valence-electron chi connectivity index (χ0n) is 8.90. The van der Waals surface area contributed by atoms with Gasteiger partial charge in [-0.1, -0.05) is 0 Å². The molecule has 80 valence electrons. The molecule has 0 unspecified atom stereocenters. The molecule has 1 N–H and O–H groups in total. The van der Waals surface area contributed by atoms with Crippen LogP contribution in [0.15, 0.2) is 17.1 Å². The molecule has 2 aromatic rings. The highest BCUT2D eigenvalue weighted by Gasteiger charge is 2.01. The van der Waals surface area contributed by atoms with Gasteiger partial charge in [0.1, 0.15) is 12.2 Å². The summed E-state index contributed by atoms with van der Waals surface area (Å²) < 4.78 is 1.79. The maximum Gasteiger partial charge on any atom is 0.140 e. The van der Waals surface area contributed by atoms with Gasteiger partial charge in [0.25, 0.3) is 0 Å². The van der Waals surface area contributed by atoms with Gasteiger partial charge in [0, 0.05) is 13.6 Å². The monoisotopic (exact) mass is 222 g/mol. The lowest BCUT2D eigenvalue weighted by Crippen LogP contribution is -2.16. The number of nitrogens with zero attached hydrogens (tertiary/aromatic N) is 3. The average Bonchev–Trinajstić information content (AvgIpc) is 2.78. The van der Waals surface area contributed by atoms with Gasteiger partial charge in [-0.2, -0.15) is 16.4 Å². The van der Waals surface area contributed by atoms with Gasteiger partial charge in [0.2, 0.25) is 0 Å². The lowest BCUT2D eigenvalue weighted by Gasteiger charge is -2.03. The van der Waals surface area contributed by atoms with Crippen LogP contribution in [0.5, 0.6) is 0 Å². The number of aromatic nitrogens is 3. The molecule has 0 aromatic carbocycles. The van der Waals surface area contributed by atoms with Gasteiger partial charge in [-0.25, -0.2) is 4.98 Å². The highest BCUT2D eigenvalue weighted by atomic mass is 32.1. The van der Waals surface area contributed by atoms with E-state index in [1.807, 2.05) is 7.05 Å². The molecule has 0 spiro atoms. The fraction of sp³-hybridized carbons (Fsp3) is 0.400. The normalized spacial score (nSPS) is 10.8. The molecule has 0 radical (unpaired) electrons. The van der Waals surface area contributed by atoms with Crippen LogP contribution in [0.2, 0.25) is 0 Å². The Morgan fingerprint density at radius 1 is 1.40 bits per heavy atom. The third kappa shape index (κ3) is 2.43. The van der Waals surface area contributed by atoms with Crippen LogP contribution in [0.25, 0.3) is 0 Å². The summed E-state index contributed by atoms with van der Waals surface area (Å²) in [6.07, 6.45) is 1.58. The van der Waals surface area contributed by atoms with Crippen molar-refractivity contribution < 1.29 is 0 Å². The van der Waals surface area contributed by atoms with Crippen molar-refractivity contribution in [3.05, 3.63) is 34.0 Å². The van der Waals surface area contributed by atoms with Gasteiger partial charge in [-0.3, -0.25) is 4.68 Å². The van der Waals surface area contributed by atoms with E-state index in [4.69, 9.17) is 0 Å². The summed E-state index contributed by atoms with van der Waals surface area (Å²) >= 11 is 1.74. The number of hydrogen-bond donors (Lipinski definition) is 1. The second-order valence-corrected chi connectivity index (χ2v) is 4.23. The summed E-state index contributed by atoms with van der Waals surface area (Å²) in [5.74, 6) is 0.961. The molecular formula is C10H14N4S. The Hall–Kier alpha value is -1.20. The second-order valence-electron chi connectivity index (χ2n) is 3.48. The van der Waals surface area contributed by atoms with E-state index >= 15 is 0 Å². The molecule has 2 aromatic heterocycles.